The highest BCUT2D eigenvalue weighted by molar-refractivity contribution is 5.41. The second-order valence-corrected chi connectivity index (χ2v) is 5.73. The lowest BCUT2D eigenvalue weighted by Crippen LogP contribution is -2.40. The van der Waals surface area contributed by atoms with Crippen molar-refractivity contribution in [2.24, 2.45) is 7.05 Å². The molecule has 3 rings (SSSR count). The first-order valence-corrected chi connectivity index (χ1v) is 7.56. The molecule has 0 radical (unpaired) electrons. The molecular formula is C17H23N3. The third-order valence-corrected chi connectivity index (χ3v) is 4.35. The molecule has 3 nitrogen and oxygen atoms in total. The van der Waals surface area contributed by atoms with Crippen LogP contribution in [0.5, 0.6) is 0 Å². The van der Waals surface area contributed by atoms with Gasteiger partial charge in [-0.05, 0) is 42.5 Å². The Labute approximate surface area is 121 Å². The summed E-state index contributed by atoms with van der Waals surface area (Å²) in [5.74, 6) is 0.683. The average Bonchev–Trinajstić information content (AvgIpc) is 2.83. The molecule has 1 aliphatic carbocycles. The summed E-state index contributed by atoms with van der Waals surface area (Å²) in [6.07, 6.45) is 7.61. The van der Waals surface area contributed by atoms with Gasteiger partial charge in [0, 0.05) is 25.2 Å². The van der Waals surface area contributed by atoms with E-state index in [4.69, 9.17) is 0 Å². The van der Waals surface area contributed by atoms with E-state index in [9.17, 15) is 0 Å². The molecule has 1 heterocycles. The number of benzene rings is 1. The summed E-state index contributed by atoms with van der Waals surface area (Å²) in [4.78, 5) is 0. The van der Waals surface area contributed by atoms with Crippen LogP contribution in [0.4, 0.5) is 0 Å². The largest absolute Gasteiger partial charge is 0.314 e. The Morgan fingerprint density at radius 2 is 2.25 bits per heavy atom. The van der Waals surface area contributed by atoms with Crippen molar-refractivity contribution in [2.75, 3.05) is 6.54 Å². The van der Waals surface area contributed by atoms with Crippen LogP contribution in [0.1, 0.15) is 36.0 Å². The molecule has 0 saturated heterocycles. The fourth-order valence-electron chi connectivity index (χ4n) is 3.29. The van der Waals surface area contributed by atoms with E-state index in [0.29, 0.717) is 12.0 Å². The van der Waals surface area contributed by atoms with Gasteiger partial charge in [-0.3, -0.25) is 4.68 Å². The maximum atomic E-state index is 4.25. The van der Waals surface area contributed by atoms with Gasteiger partial charge in [0.25, 0.3) is 0 Å². The van der Waals surface area contributed by atoms with Crippen LogP contribution in [-0.2, 0) is 19.9 Å². The quantitative estimate of drug-likeness (QED) is 0.874. The van der Waals surface area contributed by atoms with Crippen molar-refractivity contribution in [3.05, 3.63) is 53.3 Å². The number of fused-ring (bicyclic) bond motifs is 1. The van der Waals surface area contributed by atoms with E-state index in [1.54, 1.807) is 5.56 Å². The lowest BCUT2D eigenvalue weighted by Gasteiger charge is -2.37. The first-order valence-electron chi connectivity index (χ1n) is 7.56. The van der Waals surface area contributed by atoms with Crippen molar-refractivity contribution in [3.63, 3.8) is 0 Å². The fourth-order valence-corrected chi connectivity index (χ4v) is 3.29. The number of likely N-dealkylation sites (N-methyl/N-ethyl adjacent to an activating group) is 1. The van der Waals surface area contributed by atoms with E-state index < -0.39 is 0 Å². The summed E-state index contributed by atoms with van der Waals surface area (Å²) < 4.78 is 1.89. The maximum Gasteiger partial charge on any atom is 0.0521 e. The molecule has 1 aromatic carbocycles. The van der Waals surface area contributed by atoms with Gasteiger partial charge in [0.05, 0.1) is 6.20 Å². The molecule has 0 fully saturated rings. The molecule has 20 heavy (non-hydrogen) atoms. The highest BCUT2D eigenvalue weighted by Gasteiger charge is 2.31. The Hall–Kier alpha value is -1.61. The van der Waals surface area contributed by atoms with Crippen LogP contribution in [0.2, 0.25) is 0 Å². The van der Waals surface area contributed by atoms with Crippen LogP contribution in [0, 0.1) is 0 Å². The first-order chi connectivity index (χ1) is 9.78. The molecule has 0 saturated carbocycles. The van der Waals surface area contributed by atoms with Gasteiger partial charge in [-0.1, -0.05) is 31.2 Å². The molecular weight excluding hydrogens is 246 g/mol. The number of hydrogen-bond acceptors (Lipinski definition) is 2. The minimum atomic E-state index is 0.579. The minimum absolute atomic E-state index is 0.579. The number of aryl methyl sites for hydroxylation is 2. The van der Waals surface area contributed by atoms with Crippen molar-refractivity contribution in [2.45, 2.75) is 38.1 Å². The van der Waals surface area contributed by atoms with Gasteiger partial charge in [-0.2, -0.15) is 5.10 Å². The predicted octanol–water partition coefficient (Wildman–Crippen LogP) is 2.67. The molecule has 1 N–H and O–H groups in total. The van der Waals surface area contributed by atoms with Crippen LogP contribution >= 0.6 is 0 Å². The molecule has 3 heteroatoms. The summed E-state index contributed by atoms with van der Waals surface area (Å²) in [7, 11) is 1.98. The van der Waals surface area contributed by atoms with Crippen molar-refractivity contribution in [1.82, 2.24) is 15.1 Å². The molecule has 1 aliphatic rings. The van der Waals surface area contributed by atoms with E-state index in [2.05, 4.69) is 47.8 Å². The molecule has 106 valence electrons. The Kier molecular flexibility index (Phi) is 3.88. The zero-order valence-electron chi connectivity index (χ0n) is 12.3. The number of hydrogen-bond donors (Lipinski definition) is 1. The van der Waals surface area contributed by atoms with E-state index >= 15 is 0 Å². The van der Waals surface area contributed by atoms with Gasteiger partial charge in [0.1, 0.15) is 0 Å². The molecule has 0 spiro atoms. The van der Waals surface area contributed by atoms with E-state index in [1.165, 1.54) is 24.0 Å². The Balaban J connectivity index is 1.65. The maximum absolute atomic E-state index is 4.25. The summed E-state index contributed by atoms with van der Waals surface area (Å²) in [6, 6.07) is 9.44. The lowest BCUT2D eigenvalue weighted by molar-refractivity contribution is 0.386. The average molecular weight is 269 g/mol. The van der Waals surface area contributed by atoms with E-state index in [-0.39, 0.29) is 0 Å². The third-order valence-electron chi connectivity index (χ3n) is 4.35. The van der Waals surface area contributed by atoms with Crippen LogP contribution in [-0.4, -0.2) is 22.4 Å². The molecule has 0 amide bonds. The van der Waals surface area contributed by atoms with Gasteiger partial charge in [0.2, 0.25) is 0 Å². The van der Waals surface area contributed by atoms with Gasteiger partial charge < -0.3 is 5.32 Å². The molecule has 2 aromatic rings. The van der Waals surface area contributed by atoms with Crippen LogP contribution in [0.15, 0.2) is 36.7 Å². The van der Waals surface area contributed by atoms with Crippen molar-refractivity contribution in [1.29, 1.82) is 0 Å². The second kappa shape index (κ2) is 5.80. The Bertz CT molecular complexity index is 573. The standard InChI is InChI=1S/C17H23N3/c1-3-18-17(9-8-13-11-19-20(2)12-13)16-10-14-6-4-5-7-15(14)16/h4-7,11-12,16-18H,3,8-10H2,1-2H3. The number of nitrogens with one attached hydrogen (secondary N) is 1. The zero-order chi connectivity index (χ0) is 13.9. The highest BCUT2D eigenvalue weighted by atomic mass is 15.2. The molecule has 2 unspecified atom stereocenters. The number of nitrogens with zero attached hydrogens (tertiary/aromatic N) is 2. The topological polar surface area (TPSA) is 29.9 Å². The third kappa shape index (κ3) is 2.63. The SMILES string of the molecule is CCNC(CCc1cnn(C)c1)C1Cc2ccccc21. The predicted molar refractivity (Wildman–Crippen MR) is 81.9 cm³/mol. The normalized spacial score (nSPS) is 18.4. The van der Waals surface area contributed by atoms with E-state index in [1.807, 2.05) is 17.9 Å². The van der Waals surface area contributed by atoms with Crippen molar-refractivity contribution >= 4 is 0 Å². The smallest absolute Gasteiger partial charge is 0.0521 e. The molecule has 1 aromatic heterocycles. The second-order valence-electron chi connectivity index (χ2n) is 5.73. The van der Waals surface area contributed by atoms with Crippen molar-refractivity contribution < 1.29 is 0 Å². The summed E-state index contributed by atoms with van der Waals surface area (Å²) in [6.45, 7) is 3.23. The number of aromatic nitrogens is 2. The highest BCUT2D eigenvalue weighted by Crippen LogP contribution is 2.38. The molecule has 0 bridgehead atoms. The Morgan fingerprint density at radius 1 is 1.40 bits per heavy atom. The van der Waals surface area contributed by atoms with Crippen molar-refractivity contribution in [3.8, 4) is 0 Å². The van der Waals surface area contributed by atoms with E-state index in [0.717, 1.165) is 13.0 Å². The van der Waals surface area contributed by atoms with Gasteiger partial charge in [-0.15, -0.1) is 0 Å². The number of rotatable bonds is 6. The summed E-state index contributed by atoms with van der Waals surface area (Å²) in [5.41, 5.74) is 4.41. The molecule has 0 aliphatic heterocycles. The van der Waals surface area contributed by atoms with Crippen LogP contribution < -0.4 is 5.32 Å². The minimum Gasteiger partial charge on any atom is -0.314 e. The lowest BCUT2D eigenvalue weighted by atomic mass is 9.72. The fraction of sp³-hybridized carbons (Fsp3) is 0.471. The van der Waals surface area contributed by atoms with Crippen LogP contribution in [0.25, 0.3) is 0 Å². The van der Waals surface area contributed by atoms with Crippen LogP contribution in [0.3, 0.4) is 0 Å². The summed E-state index contributed by atoms with van der Waals surface area (Å²) in [5, 5.41) is 7.93. The van der Waals surface area contributed by atoms with Gasteiger partial charge in [-0.25, -0.2) is 0 Å². The monoisotopic (exact) mass is 269 g/mol. The molecule has 2 atom stereocenters. The zero-order valence-corrected chi connectivity index (χ0v) is 12.3. The summed E-state index contributed by atoms with van der Waals surface area (Å²) >= 11 is 0. The van der Waals surface area contributed by atoms with Gasteiger partial charge >= 0.3 is 0 Å². The van der Waals surface area contributed by atoms with Gasteiger partial charge in [0.15, 0.2) is 0 Å². The first kappa shape index (κ1) is 13.4. The Morgan fingerprint density at radius 3 is 2.95 bits per heavy atom.